The summed E-state index contributed by atoms with van der Waals surface area (Å²) < 4.78 is 15.3. The fourth-order valence-electron chi connectivity index (χ4n) is 5.64. The predicted octanol–water partition coefficient (Wildman–Crippen LogP) is 5.04. The fourth-order valence-corrected chi connectivity index (χ4v) is 5.64. The standard InChI is InChI=1S/C27H26FN5O/c1-18-16-20(28)6-7-23(18)31-25-21(17-29-24-9-13-30-33(24)25)26(34)32-14-11-27(12-15-32)10-8-19-4-2-3-5-22(19)27/h2-7,9,13,16-17,31H,8,10-12,14-15H2,1H3. The third kappa shape index (κ3) is 3.34. The van der Waals surface area contributed by atoms with Gasteiger partial charge < -0.3 is 10.2 Å². The first-order valence-electron chi connectivity index (χ1n) is 11.8. The van der Waals surface area contributed by atoms with Gasteiger partial charge in [-0.3, -0.25) is 4.79 Å². The number of fused-ring (bicyclic) bond motifs is 3. The second kappa shape index (κ2) is 7.94. The van der Waals surface area contributed by atoms with Crippen molar-refractivity contribution in [2.75, 3.05) is 18.4 Å². The number of anilines is 2. The first-order chi connectivity index (χ1) is 16.5. The van der Waals surface area contributed by atoms with Crippen LogP contribution in [0, 0.1) is 12.7 Å². The molecule has 172 valence electrons. The molecular formula is C27H26FN5O. The van der Waals surface area contributed by atoms with E-state index in [0.717, 1.165) is 36.9 Å². The molecule has 3 heterocycles. The van der Waals surface area contributed by atoms with Crippen molar-refractivity contribution in [2.45, 2.75) is 38.0 Å². The van der Waals surface area contributed by atoms with Crippen molar-refractivity contribution < 1.29 is 9.18 Å². The molecule has 7 heteroatoms. The van der Waals surface area contributed by atoms with Gasteiger partial charge in [0.05, 0.1) is 6.20 Å². The summed E-state index contributed by atoms with van der Waals surface area (Å²) in [5.41, 5.74) is 5.67. The molecule has 6 rings (SSSR count). The Kier molecular flexibility index (Phi) is 4.86. The Labute approximate surface area is 197 Å². The number of rotatable bonds is 3. The van der Waals surface area contributed by atoms with Crippen LogP contribution < -0.4 is 5.32 Å². The Hall–Kier alpha value is -3.74. The smallest absolute Gasteiger partial charge is 0.259 e. The Morgan fingerprint density at radius 2 is 1.91 bits per heavy atom. The minimum Gasteiger partial charge on any atom is -0.339 e. The van der Waals surface area contributed by atoms with Crippen LogP contribution in [0.25, 0.3) is 5.65 Å². The average Bonchev–Trinajstić information content (AvgIpc) is 3.47. The number of nitrogens with one attached hydrogen (secondary N) is 1. The minimum atomic E-state index is -0.297. The molecule has 1 fully saturated rings. The van der Waals surface area contributed by atoms with Crippen LogP contribution in [0.5, 0.6) is 0 Å². The monoisotopic (exact) mass is 455 g/mol. The van der Waals surface area contributed by atoms with Crippen molar-refractivity contribution in [3.05, 3.63) is 89.0 Å². The molecular weight excluding hydrogens is 429 g/mol. The highest BCUT2D eigenvalue weighted by molar-refractivity contribution is 5.99. The van der Waals surface area contributed by atoms with Crippen molar-refractivity contribution >= 4 is 23.1 Å². The normalized spacial score (nSPS) is 16.7. The third-order valence-corrected chi connectivity index (χ3v) is 7.56. The summed E-state index contributed by atoms with van der Waals surface area (Å²) in [6.07, 6.45) is 7.48. The SMILES string of the molecule is Cc1cc(F)ccc1Nc1c(C(=O)N2CCC3(CCc4ccccc43)CC2)cnc2ccnn12. The zero-order chi connectivity index (χ0) is 23.3. The largest absolute Gasteiger partial charge is 0.339 e. The molecule has 1 spiro atoms. The second-order valence-corrected chi connectivity index (χ2v) is 9.44. The molecule has 34 heavy (non-hydrogen) atoms. The summed E-state index contributed by atoms with van der Waals surface area (Å²) in [4.78, 5) is 20.1. The number of amides is 1. The summed E-state index contributed by atoms with van der Waals surface area (Å²) in [6.45, 7) is 3.25. The minimum absolute atomic E-state index is 0.0618. The van der Waals surface area contributed by atoms with Gasteiger partial charge >= 0.3 is 0 Å². The van der Waals surface area contributed by atoms with Gasteiger partial charge in [0.1, 0.15) is 17.2 Å². The van der Waals surface area contributed by atoms with Gasteiger partial charge in [0.25, 0.3) is 5.91 Å². The quantitative estimate of drug-likeness (QED) is 0.470. The maximum atomic E-state index is 13.7. The summed E-state index contributed by atoms with van der Waals surface area (Å²) in [6, 6.07) is 15.1. The van der Waals surface area contributed by atoms with Crippen LogP contribution in [0.1, 0.15) is 46.3 Å². The van der Waals surface area contributed by atoms with E-state index in [9.17, 15) is 9.18 Å². The van der Waals surface area contributed by atoms with Gasteiger partial charge in [-0.05, 0) is 72.9 Å². The predicted molar refractivity (Wildman–Crippen MR) is 129 cm³/mol. The van der Waals surface area contributed by atoms with Crippen LogP contribution in [-0.2, 0) is 11.8 Å². The molecule has 1 amide bonds. The molecule has 1 N–H and O–H groups in total. The molecule has 6 nitrogen and oxygen atoms in total. The number of aromatic nitrogens is 3. The molecule has 0 radical (unpaired) electrons. The fraction of sp³-hybridized carbons (Fsp3) is 0.296. The van der Waals surface area contributed by atoms with E-state index in [0.29, 0.717) is 30.1 Å². The lowest BCUT2D eigenvalue weighted by Crippen LogP contribution is -2.44. The van der Waals surface area contributed by atoms with E-state index in [1.54, 1.807) is 29.0 Å². The maximum absolute atomic E-state index is 13.7. The van der Waals surface area contributed by atoms with Crippen LogP contribution in [0.2, 0.25) is 0 Å². The van der Waals surface area contributed by atoms with E-state index in [1.165, 1.54) is 23.3 Å². The number of piperidine rings is 1. The molecule has 1 saturated heterocycles. The maximum Gasteiger partial charge on any atom is 0.259 e. The van der Waals surface area contributed by atoms with E-state index in [1.807, 2.05) is 11.8 Å². The highest BCUT2D eigenvalue weighted by atomic mass is 19.1. The Morgan fingerprint density at radius 1 is 1.09 bits per heavy atom. The molecule has 4 aromatic rings. The summed E-state index contributed by atoms with van der Waals surface area (Å²) >= 11 is 0. The lowest BCUT2D eigenvalue weighted by molar-refractivity contribution is 0.0666. The second-order valence-electron chi connectivity index (χ2n) is 9.44. The van der Waals surface area contributed by atoms with E-state index in [4.69, 9.17) is 0 Å². The van der Waals surface area contributed by atoms with Gasteiger partial charge in [0.2, 0.25) is 0 Å². The van der Waals surface area contributed by atoms with Crippen LogP contribution in [0.3, 0.4) is 0 Å². The number of aryl methyl sites for hydroxylation is 2. The molecule has 1 aliphatic carbocycles. The molecule has 2 aromatic carbocycles. The summed E-state index contributed by atoms with van der Waals surface area (Å²) in [5, 5.41) is 7.71. The third-order valence-electron chi connectivity index (χ3n) is 7.56. The average molecular weight is 456 g/mol. The Morgan fingerprint density at radius 3 is 2.74 bits per heavy atom. The van der Waals surface area contributed by atoms with Gasteiger partial charge in [0.15, 0.2) is 5.65 Å². The van der Waals surface area contributed by atoms with Crippen molar-refractivity contribution in [1.82, 2.24) is 19.5 Å². The van der Waals surface area contributed by atoms with Crippen molar-refractivity contribution in [2.24, 2.45) is 0 Å². The number of hydrogen-bond acceptors (Lipinski definition) is 4. The summed E-state index contributed by atoms with van der Waals surface area (Å²) in [7, 11) is 0. The van der Waals surface area contributed by atoms with Gasteiger partial charge in [-0.1, -0.05) is 24.3 Å². The number of carbonyl (C=O) groups excluding carboxylic acids is 1. The van der Waals surface area contributed by atoms with E-state index < -0.39 is 0 Å². The zero-order valence-corrected chi connectivity index (χ0v) is 19.1. The van der Waals surface area contributed by atoms with Gasteiger partial charge in [-0.15, -0.1) is 0 Å². The molecule has 0 bridgehead atoms. The molecule has 0 atom stereocenters. The van der Waals surface area contributed by atoms with Crippen molar-refractivity contribution in [3.8, 4) is 0 Å². The first-order valence-corrected chi connectivity index (χ1v) is 11.8. The number of carbonyl (C=O) groups is 1. The molecule has 1 aliphatic heterocycles. The number of halogens is 1. The van der Waals surface area contributed by atoms with Crippen LogP contribution in [0.15, 0.2) is 60.9 Å². The highest BCUT2D eigenvalue weighted by Gasteiger charge is 2.42. The zero-order valence-electron chi connectivity index (χ0n) is 19.1. The van der Waals surface area contributed by atoms with Crippen molar-refractivity contribution in [1.29, 1.82) is 0 Å². The number of benzene rings is 2. The first kappa shape index (κ1) is 20.8. The molecule has 0 unspecified atom stereocenters. The number of likely N-dealkylation sites (tertiary alicyclic amines) is 1. The van der Waals surface area contributed by atoms with E-state index in [2.05, 4.69) is 39.7 Å². The van der Waals surface area contributed by atoms with Crippen LogP contribution in [-0.4, -0.2) is 38.5 Å². The Bertz CT molecular complexity index is 1400. The van der Waals surface area contributed by atoms with Crippen molar-refractivity contribution in [3.63, 3.8) is 0 Å². The topological polar surface area (TPSA) is 62.5 Å². The summed E-state index contributed by atoms with van der Waals surface area (Å²) in [5.74, 6) is 0.184. The molecule has 2 aromatic heterocycles. The van der Waals surface area contributed by atoms with E-state index >= 15 is 0 Å². The van der Waals surface area contributed by atoms with Gasteiger partial charge in [-0.25, -0.2) is 9.37 Å². The van der Waals surface area contributed by atoms with Crippen LogP contribution in [0.4, 0.5) is 15.9 Å². The van der Waals surface area contributed by atoms with E-state index in [-0.39, 0.29) is 17.1 Å². The Balaban J connectivity index is 1.30. The van der Waals surface area contributed by atoms with Gasteiger partial charge in [0, 0.05) is 31.0 Å². The number of hydrogen-bond donors (Lipinski definition) is 1. The number of nitrogens with zero attached hydrogens (tertiary/aromatic N) is 4. The molecule has 2 aliphatic rings. The highest BCUT2D eigenvalue weighted by Crippen LogP contribution is 2.46. The van der Waals surface area contributed by atoms with Gasteiger partial charge in [-0.2, -0.15) is 9.61 Å². The molecule has 0 saturated carbocycles. The van der Waals surface area contributed by atoms with Crippen LogP contribution >= 0.6 is 0 Å². The lowest BCUT2D eigenvalue weighted by Gasteiger charge is -2.40. The lowest BCUT2D eigenvalue weighted by atomic mass is 9.74.